The van der Waals surface area contributed by atoms with Crippen LogP contribution in [0.1, 0.15) is 121 Å². The lowest BCUT2D eigenvalue weighted by Crippen LogP contribution is -2.70. The Labute approximate surface area is 295 Å². The van der Waals surface area contributed by atoms with E-state index in [1.54, 1.807) is 4.80 Å². The van der Waals surface area contributed by atoms with Gasteiger partial charge in [-0.1, -0.05) is 86.0 Å². The van der Waals surface area contributed by atoms with Crippen LogP contribution in [0.3, 0.4) is 0 Å². The predicted molar refractivity (Wildman–Crippen MR) is 191 cm³/mol. The Kier molecular flexibility index (Phi) is 9.21. The number of nitrogens with zero attached hydrogens (tertiary/aromatic N) is 4. The van der Waals surface area contributed by atoms with Crippen molar-refractivity contribution in [2.75, 3.05) is 32.1 Å². The van der Waals surface area contributed by atoms with Gasteiger partial charge in [-0.2, -0.15) is 4.80 Å². The number of carboxylic acids is 1. The third-order valence-electron chi connectivity index (χ3n) is 16.2. The van der Waals surface area contributed by atoms with Crippen LogP contribution >= 0.6 is 0 Å². The van der Waals surface area contributed by atoms with Crippen molar-refractivity contribution >= 4 is 11.9 Å². The molecule has 0 radical (unpaired) electrons. The zero-order valence-corrected chi connectivity index (χ0v) is 32.3. The van der Waals surface area contributed by atoms with Crippen molar-refractivity contribution in [1.29, 1.82) is 0 Å². The molecule has 4 N–H and O–H groups in total. The van der Waals surface area contributed by atoms with E-state index in [2.05, 4.69) is 103 Å². The van der Waals surface area contributed by atoms with E-state index < -0.39 is 17.3 Å². The number of nitrogen functional groups attached to an aromatic ring is 1. The van der Waals surface area contributed by atoms with Crippen LogP contribution in [0.4, 0.5) is 5.95 Å². The Hall–Kier alpha value is -2.04. The number of allylic oxidation sites excluding steroid dienone is 1. The van der Waals surface area contributed by atoms with Gasteiger partial charge in [0.25, 0.3) is 5.95 Å². The number of aliphatic carboxylic acids is 1. The first-order chi connectivity index (χ1) is 22.8. The number of carbonyl (C=O) groups is 1. The number of likely N-dealkylation sites (N-methyl/N-ethyl adjacent to an activating group) is 1. The van der Waals surface area contributed by atoms with Crippen LogP contribution in [0.5, 0.6) is 0 Å². The molecule has 2 heterocycles. The van der Waals surface area contributed by atoms with Gasteiger partial charge in [0.15, 0.2) is 0 Å². The molecule has 4 aliphatic carbocycles. The molecule has 6 rings (SSSR count). The molecule has 276 valence electrons. The van der Waals surface area contributed by atoms with E-state index in [1.165, 1.54) is 5.57 Å². The number of tetrazole rings is 1. The van der Waals surface area contributed by atoms with Crippen molar-refractivity contribution < 1.29 is 19.4 Å². The quantitative estimate of drug-likeness (QED) is 0.228. The molecule has 2 bridgehead atoms. The first kappa shape index (κ1) is 36.7. The largest absolute Gasteiger partial charge is 0.481 e. The minimum Gasteiger partial charge on any atom is -0.481 e. The van der Waals surface area contributed by atoms with E-state index in [4.69, 9.17) is 15.2 Å². The summed E-state index contributed by atoms with van der Waals surface area (Å²) in [7, 11) is 0. The van der Waals surface area contributed by atoms with E-state index in [9.17, 15) is 9.90 Å². The normalized spacial score (nSPS) is 43.6. The molecule has 10 nitrogen and oxygen atoms in total. The van der Waals surface area contributed by atoms with Crippen LogP contribution in [0.2, 0.25) is 0 Å². The van der Waals surface area contributed by atoms with Crippen molar-refractivity contribution in [3.8, 4) is 0 Å². The fraction of sp³-hybridized carbons (Fsp3) is 0.897. The summed E-state index contributed by atoms with van der Waals surface area (Å²) in [6, 6.07) is -0.165. The lowest BCUT2D eigenvalue weighted by Gasteiger charge is -2.71. The Morgan fingerprint density at radius 1 is 1.14 bits per heavy atom. The summed E-state index contributed by atoms with van der Waals surface area (Å²) >= 11 is 0. The minimum atomic E-state index is -0.633. The van der Waals surface area contributed by atoms with Crippen LogP contribution in [0, 0.1) is 62.6 Å². The van der Waals surface area contributed by atoms with E-state index in [0.717, 1.165) is 45.1 Å². The molecule has 5 aliphatic rings. The summed E-state index contributed by atoms with van der Waals surface area (Å²) in [6.07, 6.45) is 7.86. The van der Waals surface area contributed by atoms with Crippen molar-refractivity contribution in [3.05, 3.63) is 11.6 Å². The summed E-state index contributed by atoms with van der Waals surface area (Å²) in [5, 5.41) is 28.1. The van der Waals surface area contributed by atoms with Crippen molar-refractivity contribution in [1.82, 2.24) is 25.5 Å². The molecule has 0 unspecified atom stereocenters. The lowest BCUT2D eigenvalue weighted by molar-refractivity contribution is -0.256. The fourth-order valence-corrected chi connectivity index (χ4v) is 12.5. The van der Waals surface area contributed by atoms with Gasteiger partial charge in [0.05, 0.1) is 31.8 Å². The predicted octanol–water partition coefficient (Wildman–Crippen LogP) is 6.79. The maximum atomic E-state index is 13.5. The molecule has 1 aromatic heterocycles. The van der Waals surface area contributed by atoms with E-state index in [1.807, 2.05) is 0 Å². The summed E-state index contributed by atoms with van der Waals surface area (Å²) in [5.74, 6) is 0.764. The Morgan fingerprint density at radius 2 is 1.86 bits per heavy atom. The molecule has 0 spiro atoms. The van der Waals surface area contributed by atoms with Crippen molar-refractivity contribution in [3.63, 3.8) is 0 Å². The second kappa shape index (κ2) is 12.3. The van der Waals surface area contributed by atoms with Gasteiger partial charge in [0, 0.05) is 11.0 Å². The highest BCUT2D eigenvalue weighted by atomic mass is 16.5. The third kappa shape index (κ3) is 5.18. The van der Waals surface area contributed by atoms with Gasteiger partial charge in [-0.25, -0.2) is 0 Å². The fourth-order valence-electron chi connectivity index (χ4n) is 12.5. The minimum absolute atomic E-state index is 0.108. The first-order valence-corrected chi connectivity index (χ1v) is 19.3. The van der Waals surface area contributed by atoms with Crippen LogP contribution in [0.15, 0.2) is 11.6 Å². The average Bonchev–Trinajstić information content (AvgIpc) is 3.46. The number of hydrogen-bond donors (Lipinski definition) is 3. The topological polar surface area (TPSA) is 137 Å². The van der Waals surface area contributed by atoms with Gasteiger partial charge >= 0.3 is 5.97 Å². The summed E-state index contributed by atoms with van der Waals surface area (Å²) in [6.45, 7) is 27.8. The van der Waals surface area contributed by atoms with Gasteiger partial charge in [-0.15, -0.1) is 5.10 Å². The molecule has 49 heavy (non-hydrogen) atoms. The third-order valence-corrected chi connectivity index (χ3v) is 16.2. The number of anilines is 1. The molecule has 0 aromatic carbocycles. The molecule has 1 saturated heterocycles. The second-order valence-corrected chi connectivity index (χ2v) is 19.0. The maximum absolute atomic E-state index is 13.5. The molecule has 1 aromatic rings. The van der Waals surface area contributed by atoms with E-state index >= 15 is 0 Å². The molecular formula is C39H66N6O4. The van der Waals surface area contributed by atoms with Crippen molar-refractivity contribution in [2.45, 2.75) is 132 Å². The zero-order valence-electron chi connectivity index (χ0n) is 32.3. The number of rotatable bonds is 10. The highest BCUT2D eigenvalue weighted by Gasteiger charge is 2.73. The van der Waals surface area contributed by atoms with Crippen LogP contribution < -0.4 is 11.1 Å². The van der Waals surface area contributed by atoms with Gasteiger partial charge in [0.2, 0.25) is 0 Å². The average molecular weight is 683 g/mol. The summed E-state index contributed by atoms with van der Waals surface area (Å²) in [4.78, 5) is 15.3. The SMILES string of the molecule is CCN[C@@](C)(CO[C@H]1[C@H](n2nnc(N)n2)C[C@]2(C)COC[C@@]13C1=CC[C@@]4(C)[C@H](C(=O)O)[C@@](C)([C@H](C)C(C)C)CC[C@]4(C)[C@H]1CC[C@H]23)C(C)C. The highest BCUT2D eigenvalue weighted by molar-refractivity contribution is 5.73. The Bertz CT molecular complexity index is 1450. The number of aromatic nitrogens is 4. The van der Waals surface area contributed by atoms with Gasteiger partial charge < -0.3 is 25.6 Å². The van der Waals surface area contributed by atoms with Crippen molar-refractivity contribution in [2.24, 2.45) is 62.6 Å². The lowest BCUT2D eigenvalue weighted by atomic mass is 9.34. The number of nitrogens with two attached hydrogens (primary N) is 1. The number of hydrogen-bond acceptors (Lipinski definition) is 8. The highest BCUT2D eigenvalue weighted by Crippen LogP contribution is 2.75. The smallest absolute Gasteiger partial charge is 0.307 e. The molecular weight excluding hydrogens is 616 g/mol. The Balaban J connectivity index is 1.51. The number of carboxylic acid groups (broad SMARTS) is 1. The summed E-state index contributed by atoms with van der Waals surface area (Å²) in [5.41, 5.74) is 5.94. The van der Waals surface area contributed by atoms with Gasteiger partial charge in [-0.3, -0.25) is 4.79 Å². The molecule has 10 heteroatoms. The van der Waals surface area contributed by atoms with E-state index in [-0.39, 0.29) is 51.2 Å². The Morgan fingerprint density at radius 3 is 2.45 bits per heavy atom. The van der Waals surface area contributed by atoms with Crippen LogP contribution in [-0.2, 0) is 14.3 Å². The standard InChI is InChI=1S/C39H66N6O4/c1-12-41-38(11,24(4)5)21-49-31-28(45-43-33(40)42-44-45)19-34(7)20-48-22-39(31)27-15-16-37(10)30(32(46)47)35(8,25(6)23(2)3)17-18-36(37,9)26(27)13-14-29(34)39/h15,23-26,28-31,41H,12-14,16-22H2,1-11H3,(H2,40,43)(H,46,47)/t25-,26+,28-,29-,30-,31+,34-,35-,36-,37+,38+,39+/m1/s1. The molecule has 12 atom stereocenters. The molecule has 3 saturated carbocycles. The maximum Gasteiger partial charge on any atom is 0.307 e. The number of nitrogens with one attached hydrogen (secondary N) is 1. The zero-order chi connectivity index (χ0) is 35.9. The first-order valence-electron chi connectivity index (χ1n) is 19.3. The molecule has 0 amide bonds. The number of fused-ring (bicyclic) bond motifs is 3. The van der Waals surface area contributed by atoms with Crippen LogP contribution in [0.25, 0.3) is 0 Å². The summed E-state index contributed by atoms with van der Waals surface area (Å²) < 4.78 is 14.1. The van der Waals surface area contributed by atoms with Gasteiger partial charge in [-0.05, 0) is 108 Å². The number of ether oxygens (including phenoxy) is 2. The van der Waals surface area contributed by atoms with E-state index in [0.29, 0.717) is 43.5 Å². The molecule has 4 fully saturated rings. The monoisotopic (exact) mass is 683 g/mol. The second-order valence-electron chi connectivity index (χ2n) is 19.0. The van der Waals surface area contributed by atoms with Gasteiger partial charge in [0.1, 0.15) is 6.04 Å². The molecule has 1 aliphatic heterocycles. The van der Waals surface area contributed by atoms with Crippen LogP contribution in [-0.4, -0.2) is 69.3 Å².